The summed E-state index contributed by atoms with van der Waals surface area (Å²) >= 11 is 7.81. The Balaban J connectivity index is 1.27. The molecule has 0 saturated carbocycles. The minimum Gasteiger partial charge on any atom is -0.495 e. The summed E-state index contributed by atoms with van der Waals surface area (Å²) in [5.41, 5.74) is 3.17. The molecule has 37 heavy (non-hydrogen) atoms. The Bertz CT molecular complexity index is 1660. The first-order valence-corrected chi connectivity index (χ1v) is 12.4. The van der Waals surface area contributed by atoms with Gasteiger partial charge < -0.3 is 14.2 Å². The van der Waals surface area contributed by atoms with Crippen molar-refractivity contribution in [2.45, 2.75) is 12.5 Å². The summed E-state index contributed by atoms with van der Waals surface area (Å²) in [6.07, 6.45) is 3.94. The van der Waals surface area contributed by atoms with Crippen LogP contribution in [0.5, 0.6) is 11.5 Å². The number of aromatic nitrogens is 3. The maximum atomic E-state index is 15.0. The summed E-state index contributed by atoms with van der Waals surface area (Å²) in [7, 11) is 1.57. The summed E-state index contributed by atoms with van der Waals surface area (Å²) < 4.78 is 32.2. The predicted molar refractivity (Wildman–Crippen MR) is 139 cm³/mol. The normalized spacial score (nSPS) is 14.4. The topological polar surface area (TPSA) is 95.5 Å². The highest BCUT2D eigenvalue weighted by Gasteiger charge is 2.31. The maximum absolute atomic E-state index is 15.0. The van der Waals surface area contributed by atoms with Crippen LogP contribution in [0.1, 0.15) is 5.56 Å². The fourth-order valence-corrected chi connectivity index (χ4v) is 5.60. The molecule has 1 N–H and O–H groups in total. The number of fused-ring (bicyclic) bond motifs is 4. The van der Waals surface area contributed by atoms with Crippen LogP contribution in [0, 0.1) is 5.82 Å². The van der Waals surface area contributed by atoms with Gasteiger partial charge in [-0.25, -0.2) is 14.2 Å². The molecule has 1 unspecified atom stereocenters. The second-order valence-electron chi connectivity index (χ2n) is 8.34. The molecule has 0 radical (unpaired) electrons. The smallest absolute Gasteiger partial charge is 0.411 e. The molecule has 186 valence electrons. The van der Waals surface area contributed by atoms with Gasteiger partial charge in [0.25, 0.3) is 0 Å². The number of rotatable bonds is 5. The Kier molecular flexibility index (Phi) is 5.97. The van der Waals surface area contributed by atoms with E-state index in [1.807, 2.05) is 12.1 Å². The zero-order chi connectivity index (χ0) is 25.5. The summed E-state index contributed by atoms with van der Waals surface area (Å²) in [5.74, 6) is 0.257. The number of nitrogens with zero attached hydrogens (tertiary/aromatic N) is 3. The number of amides is 1. The first-order chi connectivity index (χ1) is 18.0. The standard InChI is InChI=1S/C26H18ClFN4O4S/c1-34-16-6-13-5-14(27)7-18(22(13)30-11-16)25-32-21-9-20(28)23-19(24(21)37-25)8-17(36-23)12-35-26(33)31-15-3-2-4-29-10-15/h2-7,9-11,17H,8,12H2,1H3,(H,31,33). The fraction of sp³-hybridized carbons (Fsp3) is 0.154. The average molecular weight is 537 g/mol. The first kappa shape index (κ1) is 23.4. The Morgan fingerprint density at radius 3 is 3.00 bits per heavy atom. The van der Waals surface area contributed by atoms with Crippen LogP contribution in [-0.4, -0.2) is 40.9 Å². The van der Waals surface area contributed by atoms with Gasteiger partial charge in [0, 0.05) is 40.2 Å². The van der Waals surface area contributed by atoms with E-state index >= 15 is 0 Å². The van der Waals surface area contributed by atoms with Crippen molar-refractivity contribution in [3.8, 4) is 22.1 Å². The van der Waals surface area contributed by atoms with Gasteiger partial charge in [0.15, 0.2) is 11.6 Å². The van der Waals surface area contributed by atoms with Gasteiger partial charge in [-0.1, -0.05) is 11.6 Å². The lowest BCUT2D eigenvalue weighted by molar-refractivity contribution is 0.100. The van der Waals surface area contributed by atoms with Gasteiger partial charge in [-0.15, -0.1) is 11.3 Å². The van der Waals surface area contributed by atoms with Gasteiger partial charge in [0.2, 0.25) is 0 Å². The molecule has 1 amide bonds. The molecule has 8 nitrogen and oxygen atoms in total. The number of pyridine rings is 2. The Morgan fingerprint density at radius 1 is 1.30 bits per heavy atom. The quantitative estimate of drug-likeness (QED) is 0.283. The monoisotopic (exact) mass is 536 g/mol. The molecule has 6 rings (SSSR count). The molecule has 1 atom stereocenters. The number of nitrogens with one attached hydrogen (secondary N) is 1. The van der Waals surface area contributed by atoms with Gasteiger partial charge in [-0.05, 0) is 30.3 Å². The molecule has 1 aliphatic heterocycles. The van der Waals surface area contributed by atoms with Crippen molar-refractivity contribution in [1.82, 2.24) is 15.0 Å². The molecular weight excluding hydrogens is 519 g/mol. The van der Waals surface area contributed by atoms with Gasteiger partial charge in [0.1, 0.15) is 23.5 Å². The molecule has 3 aromatic heterocycles. The maximum Gasteiger partial charge on any atom is 0.411 e. The van der Waals surface area contributed by atoms with E-state index in [0.29, 0.717) is 44.5 Å². The predicted octanol–water partition coefficient (Wildman–Crippen LogP) is 6.26. The van der Waals surface area contributed by atoms with E-state index in [1.165, 1.54) is 23.6 Å². The van der Waals surface area contributed by atoms with Crippen molar-refractivity contribution in [1.29, 1.82) is 0 Å². The summed E-state index contributed by atoms with van der Waals surface area (Å²) in [4.78, 5) is 25.3. The lowest BCUT2D eigenvalue weighted by Gasteiger charge is -2.12. The molecule has 5 aromatic rings. The number of benzene rings is 2. The lowest BCUT2D eigenvalue weighted by Crippen LogP contribution is -2.25. The molecular formula is C26H18ClFN4O4S. The minimum atomic E-state index is -0.643. The minimum absolute atomic E-state index is 0.0436. The van der Waals surface area contributed by atoms with Gasteiger partial charge >= 0.3 is 6.09 Å². The number of carbonyl (C=O) groups is 1. The molecule has 11 heteroatoms. The van der Waals surface area contributed by atoms with E-state index < -0.39 is 18.0 Å². The summed E-state index contributed by atoms with van der Waals surface area (Å²) in [6.45, 7) is -0.0436. The molecule has 4 heterocycles. The van der Waals surface area contributed by atoms with Crippen molar-refractivity contribution in [3.05, 3.63) is 71.4 Å². The van der Waals surface area contributed by atoms with Crippen molar-refractivity contribution in [3.63, 3.8) is 0 Å². The van der Waals surface area contributed by atoms with Gasteiger partial charge in [0.05, 0.1) is 40.9 Å². The zero-order valence-electron chi connectivity index (χ0n) is 19.3. The van der Waals surface area contributed by atoms with E-state index in [4.69, 9.17) is 30.8 Å². The SMILES string of the molecule is COc1cnc2c(-c3nc4cc(F)c5c(c4s3)CC(COC(=O)Nc3cccnc3)O5)cc(Cl)cc2c1. The average Bonchev–Trinajstić information content (AvgIpc) is 3.52. The number of methoxy groups -OCH3 is 1. The van der Waals surface area contributed by atoms with Crippen LogP contribution in [0.25, 0.3) is 31.7 Å². The second-order valence-corrected chi connectivity index (χ2v) is 9.78. The van der Waals surface area contributed by atoms with Crippen LogP contribution in [0.4, 0.5) is 14.9 Å². The van der Waals surface area contributed by atoms with E-state index in [9.17, 15) is 9.18 Å². The molecule has 0 bridgehead atoms. The molecule has 0 fully saturated rings. The molecule has 0 saturated heterocycles. The Hall–Kier alpha value is -4.02. The van der Waals surface area contributed by atoms with Crippen molar-refractivity contribution < 1.29 is 23.4 Å². The summed E-state index contributed by atoms with van der Waals surface area (Å²) in [5, 5.41) is 4.58. The third-order valence-electron chi connectivity index (χ3n) is 5.90. The number of hydrogen-bond donors (Lipinski definition) is 1. The highest BCUT2D eigenvalue weighted by atomic mass is 35.5. The molecule has 0 spiro atoms. The number of halogens is 2. The van der Waals surface area contributed by atoms with Crippen molar-refractivity contribution in [2.75, 3.05) is 19.0 Å². The van der Waals surface area contributed by atoms with Crippen LogP contribution in [0.2, 0.25) is 5.02 Å². The van der Waals surface area contributed by atoms with Crippen molar-refractivity contribution in [2.24, 2.45) is 0 Å². The van der Waals surface area contributed by atoms with E-state index in [0.717, 1.165) is 15.6 Å². The van der Waals surface area contributed by atoms with E-state index in [-0.39, 0.29) is 12.4 Å². The zero-order valence-corrected chi connectivity index (χ0v) is 20.9. The second kappa shape index (κ2) is 9.45. The number of thiazole rings is 1. The van der Waals surface area contributed by atoms with Crippen LogP contribution in [-0.2, 0) is 11.2 Å². The van der Waals surface area contributed by atoms with Crippen LogP contribution in [0.15, 0.2) is 55.0 Å². The summed E-state index contributed by atoms with van der Waals surface area (Å²) in [6, 6.07) is 10.2. The molecule has 0 aliphatic carbocycles. The molecule has 1 aliphatic rings. The van der Waals surface area contributed by atoms with Crippen LogP contribution >= 0.6 is 22.9 Å². The van der Waals surface area contributed by atoms with E-state index in [1.54, 1.807) is 37.7 Å². The van der Waals surface area contributed by atoms with Crippen LogP contribution < -0.4 is 14.8 Å². The molecule has 2 aromatic carbocycles. The van der Waals surface area contributed by atoms with Crippen molar-refractivity contribution >= 4 is 55.8 Å². The number of anilines is 1. The third-order valence-corrected chi connectivity index (χ3v) is 7.28. The van der Waals surface area contributed by atoms with Crippen LogP contribution in [0.3, 0.4) is 0 Å². The van der Waals surface area contributed by atoms with E-state index in [2.05, 4.69) is 15.3 Å². The number of ether oxygens (including phenoxy) is 3. The number of carbonyl (C=O) groups excluding carboxylic acids is 1. The highest BCUT2D eigenvalue weighted by molar-refractivity contribution is 7.22. The number of hydrogen-bond acceptors (Lipinski definition) is 8. The highest BCUT2D eigenvalue weighted by Crippen LogP contribution is 2.43. The lowest BCUT2D eigenvalue weighted by atomic mass is 10.1. The largest absolute Gasteiger partial charge is 0.495 e. The van der Waals surface area contributed by atoms with Gasteiger partial charge in [-0.3, -0.25) is 15.3 Å². The third kappa shape index (κ3) is 4.49. The Labute approximate surface area is 219 Å². The van der Waals surface area contributed by atoms with Gasteiger partial charge in [-0.2, -0.15) is 0 Å². The first-order valence-electron chi connectivity index (χ1n) is 11.2. The fourth-order valence-electron chi connectivity index (χ4n) is 4.26. The Morgan fingerprint density at radius 2 is 2.19 bits per heavy atom.